The van der Waals surface area contributed by atoms with E-state index in [1.165, 1.54) is 6.42 Å². The molecule has 1 amide bonds. The van der Waals surface area contributed by atoms with E-state index in [-0.39, 0.29) is 11.9 Å². The minimum absolute atomic E-state index is 0.0988. The van der Waals surface area contributed by atoms with Crippen LogP contribution in [0.1, 0.15) is 55.7 Å². The number of methoxy groups -OCH3 is 1. The lowest BCUT2D eigenvalue weighted by Crippen LogP contribution is -2.60. The summed E-state index contributed by atoms with van der Waals surface area (Å²) >= 11 is 0. The van der Waals surface area contributed by atoms with Gasteiger partial charge < -0.3 is 15.2 Å². The van der Waals surface area contributed by atoms with Gasteiger partial charge in [-0.3, -0.25) is 4.79 Å². The molecule has 4 bridgehead atoms. The van der Waals surface area contributed by atoms with Gasteiger partial charge in [-0.2, -0.15) is 0 Å². The van der Waals surface area contributed by atoms with Crippen molar-refractivity contribution in [1.29, 1.82) is 0 Å². The fourth-order valence-electron chi connectivity index (χ4n) is 6.59. The number of amides is 1. The van der Waals surface area contributed by atoms with Gasteiger partial charge in [0.2, 0.25) is 5.91 Å². The molecular formula is C25H29NO3. The first kappa shape index (κ1) is 18.7. The van der Waals surface area contributed by atoms with Crippen molar-refractivity contribution in [2.45, 2.75) is 50.2 Å². The Bertz CT molecular complexity index is 895. The van der Waals surface area contributed by atoms with Crippen LogP contribution in [0.25, 0.3) is 0 Å². The van der Waals surface area contributed by atoms with Crippen molar-refractivity contribution in [3.8, 4) is 5.75 Å². The lowest BCUT2D eigenvalue weighted by molar-refractivity contribution is -0.178. The molecule has 4 fully saturated rings. The quantitative estimate of drug-likeness (QED) is 0.802. The van der Waals surface area contributed by atoms with Crippen LogP contribution in [0.15, 0.2) is 54.6 Å². The number of ether oxygens (including phenoxy) is 1. The number of aliphatic hydroxyl groups is 1. The number of benzene rings is 2. The van der Waals surface area contributed by atoms with Gasteiger partial charge in [0.1, 0.15) is 5.75 Å². The Hall–Kier alpha value is -2.33. The average molecular weight is 392 g/mol. The van der Waals surface area contributed by atoms with Gasteiger partial charge in [-0.1, -0.05) is 42.5 Å². The maximum atomic E-state index is 13.7. The fourth-order valence-corrected chi connectivity index (χ4v) is 6.59. The van der Waals surface area contributed by atoms with Crippen LogP contribution in [0.4, 0.5) is 0 Å². The number of hydrogen-bond acceptors (Lipinski definition) is 3. The Morgan fingerprint density at radius 3 is 2.38 bits per heavy atom. The van der Waals surface area contributed by atoms with Gasteiger partial charge in [0.15, 0.2) is 0 Å². The zero-order valence-electron chi connectivity index (χ0n) is 16.9. The number of hydrogen-bond donors (Lipinski definition) is 2. The molecular weight excluding hydrogens is 362 g/mol. The first-order chi connectivity index (χ1) is 14.0. The molecule has 2 N–H and O–H groups in total. The molecule has 2 aromatic rings. The summed E-state index contributed by atoms with van der Waals surface area (Å²) in [4.78, 5) is 13.7. The van der Waals surface area contributed by atoms with E-state index < -0.39 is 11.0 Å². The summed E-state index contributed by atoms with van der Waals surface area (Å²) in [6, 6.07) is 17.8. The predicted octanol–water partition coefficient (Wildman–Crippen LogP) is 4.23. The third-order valence-electron chi connectivity index (χ3n) is 7.35. The zero-order valence-corrected chi connectivity index (χ0v) is 16.9. The van der Waals surface area contributed by atoms with Crippen LogP contribution in [0.5, 0.6) is 5.75 Å². The van der Waals surface area contributed by atoms with Gasteiger partial charge in [0.25, 0.3) is 0 Å². The smallest absolute Gasteiger partial charge is 0.227 e. The van der Waals surface area contributed by atoms with Crippen molar-refractivity contribution in [2.24, 2.45) is 17.3 Å². The largest absolute Gasteiger partial charge is 0.497 e. The molecule has 152 valence electrons. The summed E-state index contributed by atoms with van der Waals surface area (Å²) in [6.45, 7) is 0. The maximum absolute atomic E-state index is 13.7. The van der Waals surface area contributed by atoms with Crippen LogP contribution in [0, 0.1) is 17.3 Å². The summed E-state index contributed by atoms with van der Waals surface area (Å²) in [6.07, 6.45) is 5.36. The van der Waals surface area contributed by atoms with Crippen molar-refractivity contribution in [3.05, 3.63) is 65.7 Å². The van der Waals surface area contributed by atoms with E-state index in [4.69, 9.17) is 4.74 Å². The van der Waals surface area contributed by atoms with Gasteiger partial charge in [-0.05, 0) is 73.6 Å². The van der Waals surface area contributed by atoms with Crippen molar-refractivity contribution >= 4 is 5.91 Å². The number of nitrogens with one attached hydrogen (secondary N) is 1. The standard InChI is InChI=1S/C25H29NO3/c1-29-21-9-5-8-20(11-21)22(19-6-3-2-4-7-19)26-23(27)24-12-17-10-18(13-24)15-25(28,14-17)16-24/h2-9,11,17-18,22,28H,10,12-16H2,1H3,(H,26,27). The third-order valence-corrected chi connectivity index (χ3v) is 7.35. The molecule has 4 heteroatoms. The molecule has 4 aliphatic carbocycles. The van der Waals surface area contributed by atoms with Crippen LogP contribution in [-0.4, -0.2) is 23.7 Å². The lowest BCUT2D eigenvalue weighted by atomic mass is 9.47. The SMILES string of the molecule is COc1cccc(C(NC(=O)C23CC4CC(CC(O)(C4)C2)C3)c2ccccc2)c1. The van der Waals surface area contributed by atoms with Gasteiger partial charge in [-0.25, -0.2) is 0 Å². The van der Waals surface area contributed by atoms with Crippen LogP contribution in [0.3, 0.4) is 0 Å². The topological polar surface area (TPSA) is 58.6 Å². The molecule has 3 unspecified atom stereocenters. The van der Waals surface area contributed by atoms with Crippen LogP contribution in [-0.2, 0) is 4.79 Å². The molecule has 0 spiro atoms. The van der Waals surface area contributed by atoms with E-state index in [2.05, 4.69) is 17.4 Å². The maximum Gasteiger partial charge on any atom is 0.227 e. The summed E-state index contributed by atoms with van der Waals surface area (Å²) in [7, 11) is 1.66. The molecule has 4 saturated carbocycles. The molecule has 3 atom stereocenters. The fraction of sp³-hybridized carbons (Fsp3) is 0.480. The highest BCUT2D eigenvalue weighted by molar-refractivity contribution is 5.84. The van der Waals surface area contributed by atoms with Crippen LogP contribution < -0.4 is 10.1 Å². The Morgan fingerprint density at radius 2 is 1.72 bits per heavy atom. The first-order valence-corrected chi connectivity index (χ1v) is 10.7. The highest BCUT2D eigenvalue weighted by Gasteiger charge is 2.60. The lowest BCUT2D eigenvalue weighted by Gasteiger charge is -2.59. The van der Waals surface area contributed by atoms with E-state index in [0.29, 0.717) is 18.3 Å². The second kappa shape index (κ2) is 6.88. The summed E-state index contributed by atoms with van der Waals surface area (Å²) in [5.74, 6) is 1.85. The minimum atomic E-state index is -0.639. The Balaban J connectivity index is 1.47. The van der Waals surface area contributed by atoms with Crippen LogP contribution in [0.2, 0.25) is 0 Å². The van der Waals surface area contributed by atoms with E-state index in [1.54, 1.807) is 7.11 Å². The molecule has 4 aliphatic rings. The Kier molecular flexibility index (Phi) is 4.43. The molecule has 29 heavy (non-hydrogen) atoms. The van der Waals surface area contributed by atoms with Gasteiger partial charge in [0.05, 0.1) is 24.2 Å². The summed E-state index contributed by atoms with van der Waals surface area (Å²) in [5, 5.41) is 14.4. The third kappa shape index (κ3) is 3.33. The molecule has 0 aliphatic heterocycles. The van der Waals surface area contributed by atoms with Gasteiger partial charge in [0, 0.05) is 0 Å². The van der Waals surface area contributed by atoms with Gasteiger partial charge in [-0.15, -0.1) is 0 Å². The monoisotopic (exact) mass is 391 g/mol. The molecule has 4 nitrogen and oxygen atoms in total. The normalized spacial score (nSPS) is 33.3. The highest BCUT2D eigenvalue weighted by atomic mass is 16.5. The van der Waals surface area contributed by atoms with E-state index in [1.807, 2.05) is 42.5 Å². The number of rotatable bonds is 5. The molecule has 0 saturated heterocycles. The van der Waals surface area contributed by atoms with Crippen molar-refractivity contribution in [1.82, 2.24) is 5.32 Å². The average Bonchev–Trinajstić information content (AvgIpc) is 2.70. The number of carbonyl (C=O) groups is 1. The highest BCUT2D eigenvalue weighted by Crippen LogP contribution is 2.61. The van der Waals surface area contributed by atoms with Gasteiger partial charge >= 0.3 is 0 Å². The van der Waals surface area contributed by atoms with E-state index in [9.17, 15) is 9.90 Å². The second-order valence-corrected chi connectivity index (χ2v) is 9.56. The molecule has 0 radical (unpaired) electrons. The molecule has 0 aromatic heterocycles. The van der Waals surface area contributed by atoms with Crippen molar-refractivity contribution in [3.63, 3.8) is 0 Å². The summed E-state index contributed by atoms with van der Waals surface area (Å²) < 4.78 is 5.41. The molecule has 6 rings (SSSR count). The first-order valence-electron chi connectivity index (χ1n) is 10.7. The van der Waals surface area contributed by atoms with E-state index >= 15 is 0 Å². The van der Waals surface area contributed by atoms with Crippen molar-refractivity contribution in [2.75, 3.05) is 7.11 Å². The molecule has 2 aromatic carbocycles. The Labute approximate surface area is 172 Å². The summed E-state index contributed by atoms with van der Waals surface area (Å²) in [5.41, 5.74) is 0.995. The second-order valence-electron chi connectivity index (χ2n) is 9.56. The van der Waals surface area contributed by atoms with Crippen molar-refractivity contribution < 1.29 is 14.6 Å². The predicted molar refractivity (Wildman–Crippen MR) is 111 cm³/mol. The number of carbonyl (C=O) groups excluding carboxylic acids is 1. The van der Waals surface area contributed by atoms with E-state index in [0.717, 1.165) is 42.6 Å². The minimum Gasteiger partial charge on any atom is -0.497 e. The van der Waals surface area contributed by atoms with Crippen LogP contribution >= 0.6 is 0 Å². The zero-order chi connectivity index (χ0) is 20.1. The molecule has 0 heterocycles. The Morgan fingerprint density at radius 1 is 1.03 bits per heavy atom.